The zero-order valence-corrected chi connectivity index (χ0v) is 23.0. The second-order valence-electron chi connectivity index (χ2n) is 8.91. The maximum absolute atomic E-state index is 13.2. The lowest BCUT2D eigenvalue weighted by molar-refractivity contribution is -0.128. The van der Waals surface area contributed by atoms with E-state index in [-0.39, 0.29) is 34.7 Å². The van der Waals surface area contributed by atoms with Crippen LogP contribution in [0.2, 0.25) is 5.02 Å². The smallest absolute Gasteiger partial charge is 0.265 e. The van der Waals surface area contributed by atoms with Crippen molar-refractivity contribution in [1.29, 1.82) is 0 Å². The quantitative estimate of drug-likeness (QED) is 0.337. The van der Waals surface area contributed by atoms with Gasteiger partial charge in [-0.3, -0.25) is 9.59 Å². The van der Waals surface area contributed by atoms with Crippen LogP contribution in [0.5, 0.6) is 11.5 Å². The zero-order valence-electron chi connectivity index (χ0n) is 21.4. The van der Waals surface area contributed by atoms with Gasteiger partial charge in [-0.15, -0.1) is 0 Å². The van der Waals surface area contributed by atoms with Crippen molar-refractivity contribution in [1.82, 2.24) is 10.0 Å². The molecular weight excluding hydrogens is 542 g/mol. The third kappa shape index (κ3) is 7.29. The van der Waals surface area contributed by atoms with E-state index in [1.165, 1.54) is 23.1 Å². The van der Waals surface area contributed by atoms with Gasteiger partial charge in [0, 0.05) is 13.1 Å². The number of benzene rings is 3. The van der Waals surface area contributed by atoms with Gasteiger partial charge in [0.2, 0.25) is 10.0 Å². The van der Waals surface area contributed by atoms with Crippen LogP contribution in [-0.2, 0) is 26.2 Å². The van der Waals surface area contributed by atoms with E-state index in [4.69, 9.17) is 21.1 Å². The third-order valence-electron chi connectivity index (χ3n) is 6.06. The van der Waals surface area contributed by atoms with Gasteiger partial charge in [0.25, 0.3) is 11.8 Å². The molecule has 2 amide bonds. The van der Waals surface area contributed by atoms with Crippen LogP contribution < -0.4 is 24.4 Å². The highest BCUT2D eigenvalue weighted by molar-refractivity contribution is 7.89. The second-order valence-corrected chi connectivity index (χ2v) is 11.1. The van der Waals surface area contributed by atoms with Gasteiger partial charge >= 0.3 is 0 Å². The molecule has 4 rings (SSSR count). The van der Waals surface area contributed by atoms with Crippen LogP contribution >= 0.6 is 11.6 Å². The molecule has 206 valence electrons. The number of hydrogen-bond donors (Lipinski definition) is 2. The number of nitrogens with one attached hydrogen (secondary N) is 2. The maximum Gasteiger partial charge on any atom is 0.265 e. The topological polar surface area (TPSA) is 114 Å². The molecule has 3 aromatic carbocycles. The van der Waals surface area contributed by atoms with E-state index in [0.29, 0.717) is 24.5 Å². The number of carbonyl (C=O) groups is 2. The maximum atomic E-state index is 13.2. The van der Waals surface area contributed by atoms with Gasteiger partial charge in [-0.05, 0) is 42.3 Å². The minimum Gasteiger partial charge on any atom is -0.482 e. The molecule has 0 spiro atoms. The molecule has 2 N–H and O–H groups in total. The summed E-state index contributed by atoms with van der Waals surface area (Å²) in [7, 11) is -3.71. The molecule has 0 aromatic heterocycles. The lowest BCUT2D eigenvalue weighted by Gasteiger charge is -2.34. The molecule has 1 aliphatic rings. The summed E-state index contributed by atoms with van der Waals surface area (Å²) in [5, 5.41) is 2.91. The number of para-hydroxylation sites is 2. The Kier molecular flexibility index (Phi) is 9.45. The number of hydrogen-bond acceptors (Lipinski definition) is 6. The van der Waals surface area contributed by atoms with Crippen LogP contribution in [0.3, 0.4) is 0 Å². The molecule has 9 nitrogen and oxygen atoms in total. The second kappa shape index (κ2) is 13.0. The minimum atomic E-state index is -3.71. The van der Waals surface area contributed by atoms with Crippen LogP contribution in [0.1, 0.15) is 25.3 Å². The van der Waals surface area contributed by atoms with Gasteiger partial charge < -0.3 is 19.7 Å². The fourth-order valence-corrected chi connectivity index (χ4v) is 5.36. The molecule has 1 heterocycles. The Labute approximate surface area is 233 Å². The highest BCUT2D eigenvalue weighted by Gasteiger charge is 2.34. The largest absolute Gasteiger partial charge is 0.482 e. The Balaban J connectivity index is 1.42. The summed E-state index contributed by atoms with van der Waals surface area (Å²) in [6.45, 7) is 2.24. The number of sulfonamides is 1. The van der Waals surface area contributed by atoms with Crippen molar-refractivity contribution in [3.63, 3.8) is 0 Å². The van der Waals surface area contributed by atoms with Crippen LogP contribution in [0, 0.1) is 0 Å². The van der Waals surface area contributed by atoms with Crippen LogP contribution in [0.15, 0.2) is 77.7 Å². The van der Waals surface area contributed by atoms with Gasteiger partial charge in [-0.1, -0.05) is 67.4 Å². The summed E-state index contributed by atoms with van der Waals surface area (Å²) in [4.78, 5) is 27.6. The van der Waals surface area contributed by atoms with E-state index in [1.54, 1.807) is 24.3 Å². The predicted molar refractivity (Wildman–Crippen MR) is 149 cm³/mol. The normalized spacial score (nSPS) is 14.7. The monoisotopic (exact) mass is 571 g/mol. The lowest BCUT2D eigenvalue weighted by atomic mass is 10.1. The average molecular weight is 572 g/mol. The van der Waals surface area contributed by atoms with E-state index in [1.807, 2.05) is 37.3 Å². The Morgan fingerprint density at radius 3 is 2.56 bits per heavy atom. The van der Waals surface area contributed by atoms with Crippen molar-refractivity contribution in [2.45, 2.75) is 37.3 Å². The fourth-order valence-electron chi connectivity index (χ4n) is 3.96. The SMILES string of the molecule is CCCCNS(=O)(=O)c1ccc(OCC(=O)N2C[C@H](C(=O)NCc3ccccc3)Oc3ccccc32)c(Cl)c1. The van der Waals surface area contributed by atoms with Crippen molar-refractivity contribution in [3.05, 3.63) is 83.4 Å². The highest BCUT2D eigenvalue weighted by Crippen LogP contribution is 2.34. The number of unbranched alkanes of at least 4 members (excludes halogenated alkanes) is 1. The summed E-state index contributed by atoms with van der Waals surface area (Å²) >= 11 is 6.28. The summed E-state index contributed by atoms with van der Waals surface area (Å²) in [5.41, 5.74) is 1.46. The van der Waals surface area contributed by atoms with Gasteiger partial charge in [0.15, 0.2) is 12.7 Å². The average Bonchev–Trinajstić information content (AvgIpc) is 2.95. The zero-order chi connectivity index (χ0) is 27.8. The van der Waals surface area contributed by atoms with E-state index in [2.05, 4.69) is 10.0 Å². The summed E-state index contributed by atoms with van der Waals surface area (Å²) in [6, 6.07) is 20.5. The number of anilines is 1. The molecule has 1 atom stereocenters. The van der Waals surface area contributed by atoms with E-state index in [9.17, 15) is 18.0 Å². The van der Waals surface area contributed by atoms with Crippen molar-refractivity contribution in [3.8, 4) is 11.5 Å². The molecule has 0 bridgehead atoms. The first-order valence-corrected chi connectivity index (χ1v) is 14.4. The molecular formula is C28H30ClN3O6S. The Hall–Kier alpha value is -3.60. The number of rotatable bonds is 11. The standard InChI is InChI=1S/C28H30ClN3O6S/c1-2-3-15-31-39(35,36)21-13-14-24(22(29)16-21)37-19-27(33)32-18-26(38-25-12-8-7-11-23(25)32)28(34)30-17-20-9-5-4-6-10-20/h4-14,16,26,31H,2-3,15,17-19H2,1H3,(H,30,34)/t26-/m1/s1. The molecule has 11 heteroatoms. The van der Waals surface area contributed by atoms with Gasteiger partial charge in [-0.25, -0.2) is 13.1 Å². The highest BCUT2D eigenvalue weighted by atomic mass is 35.5. The predicted octanol–water partition coefficient (Wildman–Crippen LogP) is 3.91. The number of carbonyl (C=O) groups excluding carboxylic acids is 2. The molecule has 3 aromatic rings. The molecule has 0 saturated heterocycles. The summed E-state index contributed by atoms with van der Waals surface area (Å²) in [5.74, 6) is -0.198. The summed E-state index contributed by atoms with van der Waals surface area (Å²) < 4.78 is 39.0. The first-order chi connectivity index (χ1) is 18.8. The van der Waals surface area contributed by atoms with E-state index < -0.39 is 22.0 Å². The lowest BCUT2D eigenvalue weighted by Crippen LogP contribution is -2.51. The molecule has 0 unspecified atom stereocenters. The van der Waals surface area contributed by atoms with Crippen molar-refractivity contribution >= 4 is 39.1 Å². The van der Waals surface area contributed by atoms with Gasteiger partial charge in [0.1, 0.15) is 11.5 Å². The van der Waals surface area contributed by atoms with Crippen LogP contribution in [-0.4, -0.2) is 46.0 Å². The van der Waals surface area contributed by atoms with Crippen molar-refractivity contribution in [2.24, 2.45) is 0 Å². The molecule has 0 fully saturated rings. The number of ether oxygens (including phenoxy) is 2. The molecule has 0 aliphatic carbocycles. The van der Waals surface area contributed by atoms with E-state index >= 15 is 0 Å². The van der Waals surface area contributed by atoms with Crippen molar-refractivity contribution < 1.29 is 27.5 Å². The molecule has 39 heavy (non-hydrogen) atoms. The number of nitrogens with zero attached hydrogens (tertiary/aromatic N) is 1. The van der Waals surface area contributed by atoms with Crippen LogP contribution in [0.4, 0.5) is 5.69 Å². The number of halogens is 1. The Morgan fingerprint density at radius 1 is 1.08 bits per heavy atom. The summed E-state index contributed by atoms with van der Waals surface area (Å²) in [6.07, 6.45) is 0.661. The van der Waals surface area contributed by atoms with Crippen LogP contribution in [0.25, 0.3) is 0 Å². The number of amides is 2. The van der Waals surface area contributed by atoms with E-state index in [0.717, 1.165) is 18.4 Å². The van der Waals surface area contributed by atoms with Gasteiger partial charge in [0.05, 0.1) is 22.2 Å². The Morgan fingerprint density at radius 2 is 1.82 bits per heavy atom. The molecule has 0 radical (unpaired) electrons. The first-order valence-electron chi connectivity index (χ1n) is 12.6. The minimum absolute atomic E-state index is 0.00578. The van der Waals surface area contributed by atoms with Gasteiger partial charge in [-0.2, -0.15) is 0 Å². The Bertz CT molecular complexity index is 1420. The fraction of sp³-hybridized carbons (Fsp3) is 0.286. The van der Waals surface area contributed by atoms with Crippen molar-refractivity contribution in [2.75, 3.05) is 24.6 Å². The molecule has 1 aliphatic heterocycles. The third-order valence-corrected chi connectivity index (χ3v) is 7.82. The number of fused-ring (bicyclic) bond motifs is 1. The first kappa shape index (κ1) is 28.4. The molecule has 0 saturated carbocycles.